The molecule has 0 atom stereocenters. The predicted molar refractivity (Wildman–Crippen MR) is 222 cm³/mol. The van der Waals surface area contributed by atoms with Crippen molar-refractivity contribution in [1.29, 1.82) is 0 Å². The molecule has 0 saturated heterocycles. The van der Waals surface area contributed by atoms with E-state index in [1.54, 1.807) is 11.8 Å². The Hall–Kier alpha value is -4.77. The Labute approximate surface area is 322 Å². The fraction of sp³-hybridized carbons (Fsp3) is 0.220. The summed E-state index contributed by atoms with van der Waals surface area (Å²) in [5.41, 5.74) is 9.06. The number of imidazole rings is 3. The summed E-state index contributed by atoms with van der Waals surface area (Å²) in [6.07, 6.45) is 5.01. The van der Waals surface area contributed by atoms with Gasteiger partial charge in [0.1, 0.15) is 11.6 Å². The number of alkyl halides is 2. The summed E-state index contributed by atoms with van der Waals surface area (Å²) in [5, 5.41) is 1.01. The van der Waals surface area contributed by atoms with Crippen molar-refractivity contribution in [1.82, 2.24) is 28.7 Å². The summed E-state index contributed by atoms with van der Waals surface area (Å²) in [6.45, 7) is 0. The molecule has 8 rings (SSSR count). The van der Waals surface area contributed by atoms with Gasteiger partial charge >= 0.3 is 0 Å². The smallest absolute Gasteiger partial charge is 0.169 e. The first kappa shape index (κ1) is 38.5. The van der Waals surface area contributed by atoms with E-state index in [2.05, 4.69) is 68.7 Å². The van der Waals surface area contributed by atoms with E-state index in [9.17, 15) is 4.39 Å². The lowest BCUT2D eigenvalue weighted by molar-refractivity contribution is 0.636. The van der Waals surface area contributed by atoms with E-state index in [1.165, 1.54) is 11.3 Å². The normalized spacial score (nSPS) is 11.6. The number of aromatic nitrogens is 6. The maximum Gasteiger partial charge on any atom is 0.169 e. The largest absolute Gasteiger partial charge is 0.339 e. The lowest BCUT2D eigenvalue weighted by Gasteiger charge is -2.10. The fourth-order valence-electron chi connectivity index (χ4n) is 5.55. The molecule has 4 heterocycles. The SMILES string of the molecule is C.CN1C(=S)Cc2ccccc21.Cn1cc(-c2ccccc2)nc1CCl.Cn1cc(-c2ccccc2)nc1CSc1nc2ccccc2n1C.[2H]CF. The van der Waals surface area contributed by atoms with E-state index in [0.717, 1.165) is 67.5 Å². The summed E-state index contributed by atoms with van der Waals surface area (Å²) in [4.78, 5) is 17.0. The third-order valence-corrected chi connectivity index (χ3v) is 10.0. The van der Waals surface area contributed by atoms with Gasteiger partial charge in [-0.2, -0.15) is 0 Å². The second-order valence-corrected chi connectivity index (χ2v) is 13.3. The number of anilines is 1. The van der Waals surface area contributed by atoms with Crippen LogP contribution in [0.5, 0.6) is 0 Å². The molecule has 3 aromatic heterocycles. The van der Waals surface area contributed by atoms with Crippen LogP contribution in [-0.4, -0.2) is 47.8 Å². The van der Waals surface area contributed by atoms with Crippen LogP contribution in [0.2, 0.25) is 0 Å². The van der Waals surface area contributed by atoms with Gasteiger partial charge in [0.05, 0.1) is 47.6 Å². The van der Waals surface area contributed by atoms with Crippen LogP contribution in [0.15, 0.2) is 127 Å². The summed E-state index contributed by atoms with van der Waals surface area (Å²) in [5.74, 6) is 3.18. The van der Waals surface area contributed by atoms with Gasteiger partial charge in [0.15, 0.2) is 5.16 Å². The van der Waals surface area contributed by atoms with Crippen LogP contribution < -0.4 is 4.90 Å². The number of hydrogen-bond donors (Lipinski definition) is 0. The number of aryl methyl sites for hydroxylation is 3. The first-order chi connectivity index (χ1) is 25.2. The number of thiocarbonyl (C=S) groups is 1. The van der Waals surface area contributed by atoms with Crippen molar-refractivity contribution in [3.8, 4) is 22.5 Å². The number of benzene rings is 4. The van der Waals surface area contributed by atoms with Crippen LogP contribution in [0.3, 0.4) is 0 Å². The van der Waals surface area contributed by atoms with Gasteiger partial charge < -0.3 is 18.6 Å². The summed E-state index contributed by atoms with van der Waals surface area (Å²) < 4.78 is 21.7. The van der Waals surface area contributed by atoms with E-state index in [1.807, 2.05) is 105 Å². The Morgan fingerprint density at radius 1 is 0.750 bits per heavy atom. The molecule has 0 bridgehead atoms. The molecule has 4 aromatic carbocycles. The summed E-state index contributed by atoms with van der Waals surface area (Å²) in [7, 11) is 7.08. The van der Waals surface area contributed by atoms with Crippen LogP contribution in [0.4, 0.5) is 10.1 Å². The lowest BCUT2D eigenvalue weighted by Crippen LogP contribution is -2.18. The molecule has 0 fully saturated rings. The van der Waals surface area contributed by atoms with Gasteiger partial charge in [-0.25, -0.2) is 15.0 Å². The Morgan fingerprint density at radius 2 is 1.27 bits per heavy atom. The zero-order chi connectivity index (χ0) is 37.0. The van der Waals surface area contributed by atoms with Crippen molar-refractivity contribution in [2.45, 2.75) is 30.6 Å². The second-order valence-electron chi connectivity index (χ2n) is 11.7. The van der Waals surface area contributed by atoms with Gasteiger partial charge in [0.25, 0.3) is 0 Å². The number of para-hydroxylation sites is 3. The van der Waals surface area contributed by atoms with Gasteiger partial charge in [-0.05, 0) is 23.8 Å². The Balaban J connectivity index is 0.000000184. The zero-order valence-electron chi connectivity index (χ0n) is 30.1. The topological polar surface area (TPSA) is 56.7 Å². The minimum Gasteiger partial charge on any atom is -0.339 e. The average Bonchev–Trinajstić information content (AvgIpc) is 3.92. The van der Waals surface area contributed by atoms with Crippen molar-refractivity contribution < 1.29 is 5.76 Å². The molecule has 1 aliphatic rings. The molecule has 0 N–H and O–H groups in total. The van der Waals surface area contributed by atoms with Gasteiger partial charge in [-0.15, -0.1) is 11.6 Å². The molecule has 270 valence electrons. The highest BCUT2D eigenvalue weighted by Gasteiger charge is 2.19. The number of thioether (sulfide) groups is 1. The molecule has 11 heteroatoms. The van der Waals surface area contributed by atoms with E-state index in [0.29, 0.717) is 5.88 Å². The second kappa shape index (κ2) is 19.2. The average molecular weight is 755 g/mol. The van der Waals surface area contributed by atoms with Crippen molar-refractivity contribution >= 4 is 57.3 Å². The summed E-state index contributed by atoms with van der Waals surface area (Å²) in [6, 6.07) is 36.9. The number of nitrogens with zero attached hydrogens (tertiary/aromatic N) is 7. The molecular weight excluding hydrogens is 709 g/mol. The molecule has 0 amide bonds. The van der Waals surface area contributed by atoms with E-state index in [-0.39, 0.29) is 7.43 Å². The number of fused-ring (bicyclic) bond motifs is 2. The lowest BCUT2D eigenvalue weighted by atomic mass is 10.2. The van der Waals surface area contributed by atoms with Gasteiger partial charge in [-0.3, -0.25) is 4.39 Å². The van der Waals surface area contributed by atoms with Crippen molar-refractivity contribution in [2.75, 3.05) is 19.1 Å². The maximum atomic E-state index is 9.96. The van der Waals surface area contributed by atoms with Crippen LogP contribution in [0.1, 0.15) is 26.0 Å². The van der Waals surface area contributed by atoms with Gasteiger partial charge in [-0.1, -0.05) is 122 Å². The number of hydrogen-bond acceptors (Lipinski definition) is 5. The molecule has 0 unspecified atom stereocenters. The highest BCUT2D eigenvalue weighted by atomic mass is 35.5. The minimum absolute atomic E-state index is 0. The van der Waals surface area contributed by atoms with Crippen LogP contribution in [-0.2, 0) is 39.2 Å². The monoisotopic (exact) mass is 754 g/mol. The van der Waals surface area contributed by atoms with E-state index in [4.69, 9.17) is 35.2 Å². The Morgan fingerprint density at radius 3 is 1.83 bits per heavy atom. The molecule has 0 radical (unpaired) electrons. The van der Waals surface area contributed by atoms with Crippen molar-refractivity contribution in [3.63, 3.8) is 0 Å². The van der Waals surface area contributed by atoms with Crippen molar-refractivity contribution in [2.24, 2.45) is 21.1 Å². The highest BCUT2D eigenvalue weighted by Crippen LogP contribution is 2.28. The zero-order valence-corrected chi connectivity index (χ0v) is 31.5. The number of likely N-dealkylation sites (N-methyl/N-ethyl adjacent to an activating group) is 1. The standard InChI is InChI=1S/C19H18N4S.C11H11ClN2.C9H9NS.CH3F.CH4/c1-22-12-16(14-8-4-3-5-9-14)20-18(22)13-24-19-21-15-10-6-7-11-17(15)23(19)2;1-14-8-10(13-11(14)7-12)9-5-3-2-4-6-9;1-10-8-5-3-2-4-7(8)6-9(10)11;1-2;/h3-12H,13H2,1-2H3;2-6,8H,7H2,1H3;2-5H,6H2,1H3;1H3;1H4/i;;;1D;. The van der Waals surface area contributed by atoms with E-state index >= 15 is 0 Å². The third-order valence-electron chi connectivity index (χ3n) is 8.35. The molecule has 7 nitrogen and oxygen atoms in total. The molecule has 0 aliphatic carbocycles. The maximum absolute atomic E-state index is 9.96. The molecule has 1 aliphatic heterocycles. The van der Waals surface area contributed by atoms with Crippen LogP contribution in [0, 0.1) is 0 Å². The fourth-order valence-corrected chi connectivity index (χ4v) is 7.03. The van der Waals surface area contributed by atoms with Crippen LogP contribution in [0.25, 0.3) is 33.5 Å². The quantitative estimate of drug-likeness (QED) is 0.0957. The van der Waals surface area contributed by atoms with Crippen molar-refractivity contribution in [3.05, 3.63) is 139 Å². The number of halogens is 2. The Kier molecular flexibility index (Phi) is 14.2. The first-order valence-corrected chi connectivity index (χ1v) is 18.1. The van der Waals surface area contributed by atoms with Gasteiger partial charge in [0.2, 0.25) is 0 Å². The molecule has 7 aromatic rings. The highest BCUT2D eigenvalue weighted by molar-refractivity contribution is 7.98. The third kappa shape index (κ3) is 9.56. The molecule has 0 saturated carbocycles. The van der Waals surface area contributed by atoms with Gasteiger partial charge in [0, 0.05) is 63.8 Å². The minimum atomic E-state index is -1.00. The number of rotatable bonds is 6. The summed E-state index contributed by atoms with van der Waals surface area (Å²) >= 11 is 12.6. The predicted octanol–water partition coefficient (Wildman–Crippen LogP) is 10.3. The Bertz CT molecular complexity index is 2200. The van der Waals surface area contributed by atoms with Crippen LogP contribution >= 0.6 is 35.6 Å². The first-order valence-electron chi connectivity index (χ1n) is 16.9. The molecule has 0 spiro atoms. The molecular formula is C41H45ClFN7S2. The molecule has 52 heavy (non-hydrogen) atoms. The van der Waals surface area contributed by atoms with E-state index < -0.39 is 7.15 Å².